The molecule has 0 amide bonds. The highest BCUT2D eigenvalue weighted by molar-refractivity contribution is 7.38. The predicted octanol–water partition coefficient (Wildman–Crippen LogP) is 8.48. The standard InChI is InChI=1S/C22H45P/c1-2-3-4-5-6-7-8-12-15-18-21-23-22-19-16-13-10-9-11-14-17-20-22/h22-23H,2-21H2,1H3. The lowest BCUT2D eigenvalue weighted by Crippen LogP contribution is -2.03. The van der Waals surface area contributed by atoms with Crippen LogP contribution >= 0.6 is 8.58 Å². The van der Waals surface area contributed by atoms with E-state index in [4.69, 9.17) is 0 Å². The number of hydrogen-bond donors (Lipinski definition) is 0. The van der Waals surface area contributed by atoms with Gasteiger partial charge in [-0.15, -0.1) is 8.58 Å². The van der Waals surface area contributed by atoms with Crippen LogP contribution in [0, 0.1) is 0 Å². The average molecular weight is 341 g/mol. The van der Waals surface area contributed by atoms with Gasteiger partial charge in [-0.3, -0.25) is 0 Å². The lowest BCUT2D eigenvalue weighted by molar-refractivity contribution is 0.509. The van der Waals surface area contributed by atoms with Gasteiger partial charge in [-0.1, -0.05) is 110 Å². The molecule has 1 fully saturated rings. The summed E-state index contributed by atoms with van der Waals surface area (Å²) in [6.45, 7) is 2.31. The van der Waals surface area contributed by atoms with Gasteiger partial charge in [-0.2, -0.15) is 0 Å². The highest BCUT2D eigenvalue weighted by Crippen LogP contribution is 2.31. The van der Waals surface area contributed by atoms with E-state index in [0.717, 1.165) is 5.66 Å². The second kappa shape index (κ2) is 17.3. The Kier molecular flexibility index (Phi) is 16.1. The van der Waals surface area contributed by atoms with E-state index in [0.29, 0.717) is 0 Å². The van der Waals surface area contributed by atoms with Gasteiger partial charge in [0.05, 0.1) is 0 Å². The highest BCUT2D eigenvalue weighted by Gasteiger charge is 2.09. The van der Waals surface area contributed by atoms with Crippen molar-refractivity contribution >= 4 is 8.58 Å². The minimum absolute atomic E-state index is 1.10. The van der Waals surface area contributed by atoms with E-state index in [2.05, 4.69) is 6.92 Å². The molecule has 1 heteroatoms. The van der Waals surface area contributed by atoms with E-state index >= 15 is 0 Å². The molecule has 0 nitrogen and oxygen atoms in total. The maximum atomic E-state index is 2.31. The van der Waals surface area contributed by atoms with Crippen LogP contribution in [0.2, 0.25) is 0 Å². The van der Waals surface area contributed by atoms with E-state index < -0.39 is 0 Å². The van der Waals surface area contributed by atoms with Gasteiger partial charge in [0.25, 0.3) is 0 Å². The van der Waals surface area contributed by atoms with Crippen LogP contribution in [0.1, 0.15) is 129 Å². The first-order valence-electron chi connectivity index (χ1n) is 11.2. The Balaban J connectivity index is 1.86. The molecule has 0 N–H and O–H groups in total. The van der Waals surface area contributed by atoms with E-state index in [1.54, 1.807) is 19.0 Å². The molecule has 0 radical (unpaired) electrons. The fourth-order valence-electron chi connectivity index (χ4n) is 3.93. The van der Waals surface area contributed by atoms with Crippen molar-refractivity contribution < 1.29 is 0 Å². The third-order valence-electron chi connectivity index (χ3n) is 5.57. The SMILES string of the molecule is CCCCCCCCCCCCPC1CCCCCCCCC1. The molecule has 0 heterocycles. The summed E-state index contributed by atoms with van der Waals surface area (Å²) < 4.78 is 0. The summed E-state index contributed by atoms with van der Waals surface area (Å²) in [5.74, 6) is 0. The molecule has 23 heavy (non-hydrogen) atoms. The van der Waals surface area contributed by atoms with Gasteiger partial charge in [-0.25, -0.2) is 0 Å². The minimum Gasteiger partial charge on any atom is -0.119 e. The minimum atomic E-state index is 1.10. The van der Waals surface area contributed by atoms with E-state index in [1.807, 2.05) is 0 Å². The predicted molar refractivity (Wildman–Crippen MR) is 110 cm³/mol. The first-order chi connectivity index (χ1) is 11.4. The maximum Gasteiger partial charge on any atom is -0.0237 e. The van der Waals surface area contributed by atoms with Gasteiger partial charge < -0.3 is 0 Å². The maximum absolute atomic E-state index is 2.31. The smallest absolute Gasteiger partial charge is 0.0237 e. The molecule has 138 valence electrons. The number of unbranched alkanes of at least 4 members (excludes halogenated alkanes) is 9. The zero-order chi connectivity index (χ0) is 16.4. The Labute approximate surface area is 149 Å². The topological polar surface area (TPSA) is 0 Å². The molecule has 0 spiro atoms. The molecule has 0 aromatic carbocycles. The van der Waals surface area contributed by atoms with Crippen LogP contribution < -0.4 is 0 Å². The van der Waals surface area contributed by atoms with Crippen molar-refractivity contribution in [3.8, 4) is 0 Å². The molecule has 0 aliphatic heterocycles. The molecule has 1 atom stereocenters. The molecule has 1 rings (SSSR count). The Morgan fingerprint density at radius 2 is 1.00 bits per heavy atom. The second-order valence-corrected chi connectivity index (χ2v) is 9.61. The Morgan fingerprint density at radius 1 is 0.565 bits per heavy atom. The summed E-state index contributed by atoms with van der Waals surface area (Å²) in [6, 6.07) is 0. The van der Waals surface area contributed by atoms with E-state index in [9.17, 15) is 0 Å². The Morgan fingerprint density at radius 3 is 1.52 bits per heavy atom. The van der Waals surface area contributed by atoms with Gasteiger partial charge in [0.1, 0.15) is 0 Å². The highest BCUT2D eigenvalue weighted by atomic mass is 31.1. The largest absolute Gasteiger partial charge is 0.119 e. The summed E-state index contributed by atoms with van der Waals surface area (Å²) in [5.41, 5.74) is 1.10. The molecular formula is C22H45P. The van der Waals surface area contributed by atoms with Crippen LogP contribution in [-0.2, 0) is 0 Å². The van der Waals surface area contributed by atoms with Crippen molar-refractivity contribution in [1.29, 1.82) is 0 Å². The normalized spacial score (nSPS) is 18.7. The average Bonchev–Trinajstić information content (AvgIpc) is 2.58. The van der Waals surface area contributed by atoms with Gasteiger partial charge in [-0.05, 0) is 31.1 Å². The Hall–Kier alpha value is 0.430. The van der Waals surface area contributed by atoms with Gasteiger partial charge in [0, 0.05) is 0 Å². The van der Waals surface area contributed by atoms with Crippen LogP contribution in [0.4, 0.5) is 0 Å². The molecule has 1 saturated carbocycles. The molecular weight excluding hydrogens is 295 g/mol. The number of rotatable bonds is 12. The van der Waals surface area contributed by atoms with Gasteiger partial charge >= 0.3 is 0 Å². The van der Waals surface area contributed by atoms with Crippen molar-refractivity contribution in [2.24, 2.45) is 0 Å². The lowest BCUT2D eigenvalue weighted by atomic mass is 10.0. The van der Waals surface area contributed by atoms with Crippen LogP contribution in [0.15, 0.2) is 0 Å². The summed E-state index contributed by atoms with van der Waals surface area (Å²) in [5, 5.41) is 0. The van der Waals surface area contributed by atoms with Gasteiger partial charge in [0.2, 0.25) is 0 Å². The van der Waals surface area contributed by atoms with Crippen molar-refractivity contribution in [2.45, 2.75) is 135 Å². The third-order valence-corrected chi connectivity index (χ3v) is 7.37. The molecule has 1 aliphatic carbocycles. The van der Waals surface area contributed by atoms with Crippen LogP contribution in [0.25, 0.3) is 0 Å². The van der Waals surface area contributed by atoms with Crippen molar-refractivity contribution in [3.05, 3.63) is 0 Å². The zero-order valence-corrected chi connectivity index (χ0v) is 17.2. The second-order valence-electron chi connectivity index (χ2n) is 7.89. The monoisotopic (exact) mass is 340 g/mol. The van der Waals surface area contributed by atoms with Crippen molar-refractivity contribution in [2.75, 3.05) is 6.16 Å². The molecule has 1 aliphatic rings. The van der Waals surface area contributed by atoms with Crippen molar-refractivity contribution in [3.63, 3.8) is 0 Å². The summed E-state index contributed by atoms with van der Waals surface area (Å²) >= 11 is 0. The molecule has 0 aromatic rings. The van der Waals surface area contributed by atoms with Crippen LogP contribution in [-0.4, -0.2) is 11.8 Å². The summed E-state index contributed by atoms with van der Waals surface area (Å²) in [6.07, 6.45) is 30.0. The van der Waals surface area contributed by atoms with Gasteiger partial charge in [0.15, 0.2) is 0 Å². The summed E-state index contributed by atoms with van der Waals surface area (Å²) in [7, 11) is 1.28. The lowest BCUT2D eigenvalue weighted by Gasteiger charge is -2.18. The summed E-state index contributed by atoms with van der Waals surface area (Å²) in [4.78, 5) is 0. The quantitative estimate of drug-likeness (QED) is 0.247. The van der Waals surface area contributed by atoms with Crippen LogP contribution in [0.3, 0.4) is 0 Å². The zero-order valence-electron chi connectivity index (χ0n) is 16.2. The Bertz CT molecular complexity index is 216. The number of hydrogen-bond acceptors (Lipinski definition) is 0. The molecule has 0 saturated heterocycles. The third kappa shape index (κ3) is 14.5. The fourth-order valence-corrected chi connectivity index (χ4v) is 5.61. The first-order valence-corrected chi connectivity index (χ1v) is 12.5. The molecule has 0 bridgehead atoms. The molecule has 0 aromatic heterocycles. The van der Waals surface area contributed by atoms with Crippen molar-refractivity contribution in [1.82, 2.24) is 0 Å². The molecule has 1 unspecified atom stereocenters. The van der Waals surface area contributed by atoms with Crippen LogP contribution in [0.5, 0.6) is 0 Å². The first kappa shape index (κ1) is 21.5. The van der Waals surface area contributed by atoms with E-state index in [-0.39, 0.29) is 0 Å². The fraction of sp³-hybridized carbons (Fsp3) is 1.00. The van der Waals surface area contributed by atoms with E-state index in [1.165, 1.54) is 118 Å².